The van der Waals surface area contributed by atoms with E-state index in [9.17, 15) is 4.79 Å². The lowest BCUT2D eigenvalue weighted by Gasteiger charge is -2.12. The summed E-state index contributed by atoms with van der Waals surface area (Å²) < 4.78 is 9.09. The third kappa shape index (κ3) is 3.24. The van der Waals surface area contributed by atoms with Crippen molar-refractivity contribution in [1.82, 2.24) is 23.9 Å². The van der Waals surface area contributed by atoms with Crippen molar-refractivity contribution in [1.29, 1.82) is 0 Å². The topological polar surface area (TPSA) is 86.3 Å². The van der Waals surface area contributed by atoms with Crippen molar-refractivity contribution in [3.63, 3.8) is 0 Å². The van der Waals surface area contributed by atoms with E-state index < -0.39 is 0 Å². The zero-order chi connectivity index (χ0) is 20.5. The molecule has 5 aromatic rings. The smallest absolute Gasteiger partial charge is 0.244 e. The van der Waals surface area contributed by atoms with Gasteiger partial charge < -0.3 is 14.6 Å². The maximum absolute atomic E-state index is 12.7. The minimum absolute atomic E-state index is 0.145. The number of nitrogens with zero attached hydrogens (tertiary/aromatic N) is 5. The Kier molecular flexibility index (Phi) is 4.36. The van der Waals surface area contributed by atoms with Crippen LogP contribution < -0.4 is 10.1 Å². The van der Waals surface area contributed by atoms with Gasteiger partial charge in [0.25, 0.3) is 0 Å². The van der Waals surface area contributed by atoms with E-state index in [2.05, 4.69) is 20.3 Å². The average Bonchev–Trinajstić information content (AvgIpc) is 3.38. The van der Waals surface area contributed by atoms with E-state index in [0.29, 0.717) is 17.2 Å². The minimum Gasteiger partial charge on any atom is -0.495 e. The summed E-state index contributed by atoms with van der Waals surface area (Å²) in [6.07, 6.45) is 7.15. The number of anilines is 1. The summed E-state index contributed by atoms with van der Waals surface area (Å²) >= 11 is 0. The number of carbonyl (C=O) groups excluding carboxylic acids is 1. The van der Waals surface area contributed by atoms with Gasteiger partial charge in [-0.25, -0.2) is 15.0 Å². The van der Waals surface area contributed by atoms with Gasteiger partial charge in [-0.05, 0) is 36.4 Å². The second kappa shape index (κ2) is 7.32. The van der Waals surface area contributed by atoms with Crippen molar-refractivity contribution in [2.75, 3.05) is 12.4 Å². The van der Waals surface area contributed by atoms with Crippen molar-refractivity contribution < 1.29 is 9.53 Å². The number of nitrogens with one attached hydrogen (secondary N) is 1. The first kappa shape index (κ1) is 17.9. The molecule has 0 atom stereocenters. The molecule has 0 saturated heterocycles. The van der Waals surface area contributed by atoms with Gasteiger partial charge in [0.15, 0.2) is 0 Å². The highest BCUT2D eigenvalue weighted by Gasteiger charge is 2.13. The van der Waals surface area contributed by atoms with E-state index in [0.717, 1.165) is 22.3 Å². The van der Waals surface area contributed by atoms with Gasteiger partial charge in [-0.3, -0.25) is 9.20 Å². The summed E-state index contributed by atoms with van der Waals surface area (Å²) in [7, 11) is 1.57. The molecule has 2 aromatic carbocycles. The van der Waals surface area contributed by atoms with E-state index in [1.165, 1.54) is 0 Å². The zero-order valence-corrected chi connectivity index (χ0v) is 16.2. The monoisotopic (exact) mass is 398 g/mol. The number of rotatable bonds is 5. The first-order valence-electron chi connectivity index (χ1n) is 9.39. The Morgan fingerprint density at radius 2 is 2.03 bits per heavy atom. The van der Waals surface area contributed by atoms with Gasteiger partial charge >= 0.3 is 0 Å². The largest absolute Gasteiger partial charge is 0.495 e. The molecule has 1 N–H and O–H groups in total. The lowest BCUT2D eigenvalue weighted by Crippen LogP contribution is -2.18. The van der Waals surface area contributed by atoms with Gasteiger partial charge in [0, 0.05) is 24.2 Å². The second-order valence-electron chi connectivity index (χ2n) is 6.78. The molecule has 0 aliphatic rings. The molecular weight excluding hydrogens is 380 g/mol. The number of para-hydroxylation sites is 2. The van der Waals surface area contributed by atoms with Crippen molar-refractivity contribution >= 4 is 28.4 Å². The van der Waals surface area contributed by atoms with E-state index in [4.69, 9.17) is 4.74 Å². The van der Waals surface area contributed by atoms with Crippen LogP contribution in [0.2, 0.25) is 0 Å². The molecular formula is C22H18N6O2. The van der Waals surface area contributed by atoms with Crippen molar-refractivity contribution in [2.45, 2.75) is 6.54 Å². The van der Waals surface area contributed by atoms with Crippen LogP contribution >= 0.6 is 0 Å². The summed E-state index contributed by atoms with van der Waals surface area (Å²) in [6, 6.07) is 15.1. The Morgan fingerprint density at radius 1 is 1.13 bits per heavy atom. The summed E-state index contributed by atoms with van der Waals surface area (Å²) in [5.74, 6) is 1.01. The number of carbonyl (C=O) groups is 1. The first-order valence-corrected chi connectivity index (χ1v) is 9.39. The highest BCUT2D eigenvalue weighted by molar-refractivity contribution is 5.94. The Balaban J connectivity index is 1.42. The molecule has 0 fully saturated rings. The third-order valence-corrected chi connectivity index (χ3v) is 4.85. The van der Waals surface area contributed by atoms with Gasteiger partial charge in [0.2, 0.25) is 11.7 Å². The van der Waals surface area contributed by atoms with Gasteiger partial charge in [-0.1, -0.05) is 12.1 Å². The van der Waals surface area contributed by atoms with Gasteiger partial charge in [0.1, 0.15) is 12.3 Å². The Morgan fingerprint density at radius 3 is 2.90 bits per heavy atom. The molecule has 3 aromatic heterocycles. The number of ether oxygens (including phenoxy) is 1. The number of hydrogen-bond donors (Lipinski definition) is 1. The number of imidazole rings is 2. The highest BCUT2D eigenvalue weighted by atomic mass is 16.5. The number of benzene rings is 2. The first-order chi connectivity index (χ1) is 14.7. The fourth-order valence-electron chi connectivity index (χ4n) is 3.41. The molecule has 30 heavy (non-hydrogen) atoms. The van der Waals surface area contributed by atoms with E-state index in [1.54, 1.807) is 19.6 Å². The third-order valence-electron chi connectivity index (χ3n) is 4.85. The summed E-state index contributed by atoms with van der Waals surface area (Å²) in [4.78, 5) is 25.9. The van der Waals surface area contributed by atoms with Crippen molar-refractivity contribution in [2.24, 2.45) is 0 Å². The van der Waals surface area contributed by atoms with E-state index in [1.807, 2.05) is 69.9 Å². The number of methoxy groups -OCH3 is 1. The molecule has 0 bridgehead atoms. The molecule has 8 nitrogen and oxygen atoms in total. The maximum Gasteiger partial charge on any atom is 0.244 e. The predicted octanol–water partition coefficient (Wildman–Crippen LogP) is 3.39. The lowest BCUT2D eigenvalue weighted by molar-refractivity contribution is -0.116. The molecule has 5 rings (SSSR count). The standard InChI is InChI=1S/C22H18N6O2/c1-30-20-8-7-15(18-12-27-10-4-9-23-22(27)26-18)11-17(20)25-21(29)13-28-14-24-16-5-2-3-6-19(16)28/h2-12,14H,13H2,1H3,(H,25,29). The minimum atomic E-state index is -0.176. The second-order valence-corrected chi connectivity index (χ2v) is 6.78. The Bertz CT molecular complexity index is 1340. The zero-order valence-electron chi connectivity index (χ0n) is 16.2. The van der Waals surface area contributed by atoms with Crippen LogP contribution in [0.3, 0.4) is 0 Å². The van der Waals surface area contributed by atoms with Crippen LogP contribution in [-0.2, 0) is 11.3 Å². The van der Waals surface area contributed by atoms with Gasteiger partial charge in [-0.2, -0.15) is 0 Å². The van der Waals surface area contributed by atoms with Gasteiger partial charge in [-0.15, -0.1) is 0 Å². The fourth-order valence-corrected chi connectivity index (χ4v) is 3.41. The van der Waals surface area contributed by atoms with Crippen molar-refractivity contribution in [3.05, 3.63) is 73.4 Å². The molecule has 0 radical (unpaired) electrons. The van der Waals surface area contributed by atoms with Crippen LogP contribution in [0.25, 0.3) is 28.1 Å². The number of aromatic nitrogens is 5. The van der Waals surface area contributed by atoms with Crippen LogP contribution in [0.5, 0.6) is 5.75 Å². The van der Waals surface area contributed by atoms with Crippen LogP contribution in [0.4, 0.5) is 5.69 Å². The molecule has 0 aliphatic carbocycles. The molecule has 0 saturated carbocycles. The number of hydrogen-bond acceptors (Lipinski definition) is 5. The van der Waals surface area contributed by atoms with Crippen LogP contribution in [0.1, 0.15) is 0 Å². The Hall–Kier alpha value is -4.20. The van der Waals surface area contributed by atoms with Crippen molar-refractivity contribution in [3.8, 4) is 17.0 Å². The highest BCUT2D eigenvalue weighted by Crippen LogP contribution is 2.30. The van der Waals surface area contributed by atoms with E-state index in [-0.39, 0.29) is 12.5 Å². The Labute approximate surface area is 171 Å². The van der Waals surface area contributed by atoms with Crippen LogP contribution in [0, 0.1) is 0 Å². The van der Waals surface area contributed by atoms with Gasteiger partial charge in [0.05, 0.1) is 35.9 Å². The maximum atomic E-state index is 12.7. The quantitative estimate of drug-likeness (QED) is 0.490. The molecule has 0 spiro atoms. The number of amides is 1. The molecule has 8 heteroatoms. The predicted molar refractivity (Wildman–Crippen MR) is 113 cm³/mol. The fraction of sp³-hybridized carbons (Fsp3) is 0.0909. The van der Waals surface area contributed by atoms with E-state index >= 15 is 0 Å². The van der Waals surface area contributed by atoms with Crippen LogP contribution in [0.15, 0.2) is 73.4 Å². The summed E-state index contributed by atoms with van der Waals surface area (Å²) in [6.45, 7) is 0.145. The normalized spacial score (nSPS) is 11.1. The molecule has 3 heterocycles. The lowest BCUT2D eigenvalue weighted by atomic mass is 10.1. The number of fused-ring (bicyclic) bond motifs is 2. The molecule has 0 unspecified atom stereocenters. The van der Waals surface area contributed by atoms with Crippen LogP contribution in [-0.4, -0.2) is 36.9 Å². The summed E-state index contributed by atoms with van der Waals surface area (Å²) in [5, 5.41) is 2.95. The molecule has 148 valence electrons. The SMILES string of the molecule is COc1ccc(-c2cn3cccnc3n2)cc1NC(=O)Cn1cnc2ccccc21. The molecule has 0 aliphatic heterocycles. The average molecular weight is 398 g/mol. The molecule has 1 amide bonds. The summed E-state index contributed by atoms with van der Waals surface area (Å²) in [5.41, 5.74) is 3.95.